The summed E-state index contributed by atoms with van der Waals surface area (Å²) in [6, 6.07) is 11.2. The first-order valence-corrected chi connectivity index (χ1v) is 9.40. The molecule has 1 aromatic heterocycles. The molecule has 1 aliphatic rings. The van der Waals surface area contributed by atoms with E-state index in [9.17, 15) is 9.59 Å². The van der Waals surface area contributed by atoms with Crippen molar-refractivity contribution < 1.29 is 14.8 Å². The van der Waals surface area contributed by atoms with Crippen molar-refractivity contribution in [3.8, 4) is 0 Å². The van der Waals surface area contributed by atoms with Crippen LogP contribution in [0.1, 0.15) is 21.6 Å². The third kappa shape index (κ3) is 8.26. The van der Waals surface area contributed by atoms with Crippen molar-refractivity contribution in [1.82, 2.24) is 15.4 Å². The first kappa shape index (κ1) is 29.6. The lowest BCUT2D eigenvalue weighted by Gasteiger charge is -2.34. The lowest BCUT2D eigenvalue weighted by atomic mass is 10.1. The normalized spacial score (nSPS) is 13.8. The molecule has 2 aromatic rings. The van der Waals surface area contributed by atoms with E-state index in [1.54, 1.807) is 30.5 Å². The molecule has 174 valence electrons. The van der Waals surface area contributed by atoms with Crippen LogP contribution in [-0.2, 0) is 4.79 Å². The molecule has 2 N–H and O–H groups in total. The van der Waals surface area contributed by atoms with Crippen LogP contribution in [-0.4, -0.2) is 60.0 Å². The monoisotopic (exact) mass is 500 g/mol. The zero-order valence-electron chi connectivity index (χ0n) is 17.5. The first-order valence-electron chi connectivity index (χ1n) is 9.40. The number of pyridine rings is 1. The fourth-order valence-electron chi connectivity index (χ4n) is 3.08. The van der Waals surface area contributed by atoms with Gasteiger partial charge >= 0.3 is 0 Å². The van der Waals surface area contributed by atoms with E-state index in [0.29, 0.717) is 11.3 Å². The lowest BCUT2D eigenvalue weighted by molar-refractivity contribution is -0.124. The van der Waals surface area contributed by atoms with Gasteiger partial charge in [0.1, 0.15) is 0 Å². The number of anilines is 1. The van der Waals surface area contributed by atoms with E-state index >= 15 is 0 Å². The second kappa shape index (κ2) is 14.6. The van der Waals surface area contributed by atoms with Crippen LogP contribution < -0.4 is 10.4 Å². The zero-order valence-corrected chi connectivity index (χ0v) is 20.0. The van der Waals surface area contributed by atoms with Gasteiger partial charge in [0.05, 0.1) is 5.69 Å². The number of halogens is 3. The Hall–Kier alpha value is -2.42. The molecule has 0 unspecified atom stereocenters. The van der Waals surface area contributed by atoms with Crippen molar-refractivity contribution >= 4 is 66.8 Å². The second-order valence-corrected chi connectivity index (χ2v) is 6.83. The van der Waals surface area contributed by atoms with Crippen LogP contribution in [0.15, 0.2) is 54.7 Å². The summed E-state index contributed by atoms with van der Waals surface area (Å²) in [5, 5.41) is 8.47. The highest BCUT2D eigenvalue weighted by molar-refractivity contribution is 6.10. The van der Waals surface area contributed by atoms with Gasteiger partial charge in [-0.3, -0.25) is 19.8 Å². The minimum atomic E-state index is -0.625. The van der Waals surface area contributed by atoms with E-state index in [1.807, 2.05) is 24.3 Å². The molecule has 32 heavy (non-hydrogen) atoms. The third-order valence-corrected chi connectivity index (χ3v) is 4.77. The summed E-state index contributed by atoms with van der Waals surface area (Å²) in [6.07, 6.45) is 7.56. The number of carbonyl (C=O) groups is 2. The number of rotatable bonds is 6. The van der Waals surface area contributed by atoms with Gasteiger partial charge < -0.3 is 9.80 Å². The Morgan fingerprint density at radius 3 is 2.28 bits per heavy atom. The number of hydrogen-bond acceptors (Lipinski definition) is 6. The molecule has 0 saturated carbocycles. The number of nitrogens with one attached hydrogen (secondary N) is 1. The van der Waals surface area contributed by atoms with Gasteiger partial charge in [-0.15, -0.1) is 37.2 Å². The number of likely N-dealkylation sites (N-methyl/N-ethyl adjacent to an activating group) is 1. The molecule has 1 saturated heterocycles. The Labute approximate surface area is 206 Å². The largest absolute Gasteiger partial charge is 0.368 e. The molecule has 2 heterocycles. The van der Waals surface area contributed by atoms with E-state index in [4.69, 9.17) is 5.21 Å². The van der Waals surface area contributed by atoms with Crippen LogP contribution in [0, 0.1) is 0 Å². The summed E-state index contributed by atoms with van der Waals surface area (Å²) in [7, 11) is 2.10. The van der Waals surface area contributed by atoms with Crippen LogP contribution in [0.25, 0.3) is 12.2 Å². The topological polar surface area (TPSA) is 85.8 Å². The molecule has 0 aliphatic carbocycles. The van der Waals surface area contributed by atoms with Crippen LogP contribution in [0.5, 0.6) is 0 Å². The Kier molecular flexibility index (Phi) is 13.5. The molecule has 0 spiro atoms. The lowest BCUT2D eigenvalue weighted by Crippen LogP contribution is -2.44. The fourth-order valence-corrected chi connectivity index (χ4v) is 3.08. The van der Waals surface area contributed by atoms with E-state index in [0.717, 1.165) is 37.4 Å². The number of para-hydroxylation sites is 1. The molecule has 0 atom stereocenters. The number of amides is 1. The molecule has 0 radical (unpaired) electrons. The maximum Gasteiger partial charge on any atom is 0.267 e. The SMILES string of the molecule is CN1CCN(c2ccccc2C(=O)/C=C/c2ccc(/C=C/C(=O)NO)nc2)CC1.Cl.Cl.Cl. The van der Waals surface area contributed by atoms with E-state index in [2.05, 4.69) is 21.8 Å². The minimum Gasteiger partial charge on any atom is -0.368 e. The van der Waals surface area contributed by atoms with Crippen LogP contribution >= 0.6 is 37.2 Å². The van der Waals surface area contributed by atoms with Gasteiger partial charge in [-0.05, 0) is 49.0 Å². The van der Waals surface area contributed by atoms with Gasteiger partial charge in [-0.2, -0.15) is 0 Å². The molecule has 1 amide bonds. The number of allylic oxidation sites excluding steroid dienone is 1. The number of benzene rings is 1. The van der Waals surface area contributed by atoms with Gasteiger partial charge in [0.15, 0.2) is 5.78 Å². The molecular formula is C22H27Cl3N4O3. The smallest absolute Gasteiger partial charge is 0.267 e. The number of aromatic nitrogens is 1. The average molecular weight is 502 g/mol. The maximum atomic E-state index is 12.8. The van der Waals surface area contributed by atoms with E-state index in [1.165, 1.54) is 17.6 Å². The van der Waals surface area contributed by atoms with E-state index in [-0.39, 0.29) is 43.0 Å². The molecule has 10 heteroatoms. The third-order valence-electron chi connectivity index (χ3n) is 4.77. The summed E-state index contributed by atoms with van der Waals surface area (Å²) < 4.78 is 0. The van der Waals surface area contributed by atoms with Gasteiger partial charge in [-0.25, -0.2) is 5.48 Å². The quantitative estimate of drug-likeness (QED) is 0.273. The number of hydroxylamine groups is 1. The highest BCUT2D eigenvalue weighted by Crippen LogP contribution is 2.23. The van der Waals surface area contributed by atoms with Crippen molar-refractivity contribution in [3.05, 3.63) is 71.6 Å². The number of hydrogen-bond donors (Lipinski definition) is 2. The minimum absolute atomic E-state index is 0. The van der Waals surface area contributed by atoms with Gasteiger partial charge in [0.2, 0.25) is 0 Å². The molecule has 7 nitrogen and oxygen atoms in total. The summed E-state index contributed by atoms with van der Waals surface area (Å²) in [5.41, 5.74) is 4.52. The molecular weight excluding hydrogens is 475 g/mol. The molecule has 1 aromatic carbocycles. The van der Waals surface area contributed by atoms with Crippen molar-refractivity contribution in [1.29, 1.82) is 0 Å². The second-order valence-electron chi connectivity index (χ2n) is 6.83. The van der Waals surface area contributed by atoms with Crippen molar-refractivity contribution in [2.24, 2.45) is 0 Å². The zero-order chi connectivity index (χ0) is 20.6. The number of ketones is 1. The highest BCUT2D eigenvalue weighted by atomic mass is 35.5. The van der Waals surface area contributed by atoms with Crippen molar-refractivity contribution in [3.63, 3.8) is 0 Å². The van der Waals surface area contributed by atoms with Crippen molar-refractivity contribution in [2.75, 3.05) is 38.1 Å². The predicted octanol–water partition coefficient (Wildman–Crippen LogP) is 3.51. The van der Waals surface area contributed by atoms with Crippen LogP contribution in [0.3, 0.4) is 0 Å². The molecule has 1 fully saturated rings. The van der Waals surface area contributed by atoms with Crippen LogP contribution in [0.2, 0.25) is 0 Å². The number of carbonyl (C=O) groups excluding carboxylic acids is 2. The summed E-state index contributed by atoms with van der Waals surface area (Å²) in [4.78, 5) is 32.5. The molecule has 1 aliphatic heterocycles. The first-order chi connectivity index (χ1) is 14.1. The summed E-state index contributed by atoms with van der Waals surface area (Å²) in [6.45, 7) is 3.75. The Bertz CT molecular complexity index is 928. The molecule has 0 bridgehead atoms. The van der Waals surface area contributed by atoms with E-state index < -0.39 is 5.91 Å². The van der Waals surface area contributed by atoms with Gasteiger partial charge in [-0.1, -0.05) is 18.2 Å². The Morgan fingerprint density at radius 1 is 0.969 bits per heavy atom. The van der Waals surface area contributed by atoms with Gasteiger partial charge in [0.25, 0.3) is 5.91 Å². The fraction of sp³-hybridized carbons (Fsp3) is 0.227. The molecule has 3 rings (SSSR count). The van der Waals surface area contributed by atoms with Gasteiger partial charge in [0, 0.05) is 49.7 Å². The van der Waals surface area contributed by atoms with Crippen molar-refractivity contribution in [2.45, 2.75) is 0 Å². The highest BCUT2D eigenvalue weighted by Gasteiger charge is 2.18. The Balaban J connectivity index is 0.00000320. The average Bonchev–Trinajstić information content (AvgIpc) is 2.77. The number of piperazine rings is 1. The number of nitrogens with zero attached hydrogens (tertiary/aromatic N) is 3. The summed E-state index contributed by atoms with van der Waals surface area (Å²) >= 11 is 0. The summed E-state index contributed by atoms with van der Waals surface area (Å²) in [5.74, 6) is -0.677. The standard InChI is InChI=1S/C22H24N4O3.3ClH/c1-25-12-14-26(15-13-25)20-5-3-2-4-19(20)21(27)10-7-17-6-8-18(23-16-17)9-11-22(28)24-29;;;/h2-11,16,29H,12-15H2,1H3,(H,24,28);3*1H/b10-7+,11-9+;;;. The Morgan fingerprint density at radius 2 is 1.66 bits per heavy atom. The van der Waals surface area contributed by atoms with Crippen LogP contribution in [0.4, 0.5) is 5.69 Å². The maximum absolute atomic E-state index is 12.8. The predicted molar refractivity (Wildman–Crippen MR) is 134 cm³/mol.